The molecule has 0 unspecified atom stereocenters. The highest BCUT2D eigenvalue weighted by Gasteiger charge is 2.36. The second kappa shape index (κ2) is 6.35. The standard InChI is InChI=1S/C15H7ClF6O2/c16-13(23)8-5-6-9(11(7-8)14(17,18)19)10-3-1-2-4-12(10)24-15(20,21)22/h1-7H. The summed E-state index contributed by atoms with van der Waals surface area (Å²) in [6, 6.07) is 6.74. The van der Waals surface area contributed by atoms with Crippen LogP contribution >= 0.6 is 11.6 Å². The Hall–Kier alpha value is -2.22. The van der Waals surface area contributed by atoms with Gasteiger partial charge in [-0.2, -0.15) is 13.2 Å². The third-order valence-electron chi connectivity index (χ3n) is 2.95. The van der Waals surface area contributed by atoms with E-state index in [4.69, 9.17) is 11.6 Å². The van der Waals surface area contributed by atoms with Gasteiger partial charge in [0.1, 0.15) is 5.75 Å². The molecule has 2 aromatic carbocycles. The lowest BCUT2D eigenvalue weighted by molar-refractivity contribution is -0.274. The molecule has 0 N–H and O–H groups in total. The van der Waals surface area contributed by atoms with E-state index in [-0.39, 0.29) is 0 Å². The van der Waals surface area contributed by atoms with Crippen molar-refractivity contribution in [2.75, 3.05) is 0 Å². The predicted molar refractivity (Wildman–Crippen MR) is 73.7 cm³/mol. The molecule has 0 amide bonds. The smallest absolute Gasteiger partial charge is 0.405 e. The zero-order valence-corrected chi connectivity index (χ0v) is 12.3. The first kappa shape index (κ1) is 18.1. The van der Waals surface area contributed by atoms with Gasteiger partial charge >= 0.3 is 12.5 Å². The van der Waals surface area contributed by atoms with Crippen LogP contribution in [0.15, 0.2) is 42.5 Å². The van der Waals surface area contributed by atoms with E-state index in [1.807, 2.05) is 0 Å². The molecule has 0 aliphatic rings. The number of alkyl halides is 6. The minimum atomic E-state index is -5.07. The molecular formula is C15H7ClF6O2. The molecule has 0 fully saturated rings. The average molecular weight is 369 g/mol. The fourth-order valence-electron chi connectivity index (χ4n) is 2.04. The van der Waals surface area contributed by atoms with Crippen molar-refractivity contribution >= 4 is 16.8 Å². The maximum absolute atomic E-state index is 13.2. The number of ether oxygens (including phenoxy) is 1. The molecule has 2 rings (SSSR count). The molecule has 0 radical (unpaired) electrons. The predicted octanol–water partition coefficient (Wildman–Crippen LogP) is 5.65. The van der Waals surface area contributed by atoms with Crippen LogP contribution in [0, 0.1) is 0 Å². The summed E-state index contributed by atoms with van der Waals surface area (Å²) in [5.41, 5.74) is -2.71. The van der Waals surface area contributed by atoms with Gasteiger partial charge in [-0.25, -0.2) is 0 Å². The van der Waals surface area contributed by atoms with Gasteiger partial charge in [-0.15, -0.1) is 13.2 Å². The Morgan fingerprint density at radius 3 is 2.08 bits per heavy atom. The van der Waals surface area contributed by atoms with Crippen molar-refractivity contribution in [3.05, 3.63) is 53.6 Å². The summed E-state index contributed by atoms with van der Waals surface area (Å²) in [6.07, 6.45) is -9.98. The molecule has 9 heteroatoms. The fourth-order valence-corrected chi connectivity index (χ4v) is 2.16. The number of benzene rings is 2. The zero-order chi connectivity index (χ0) is 18.1. The van der Waals surface area contributed by atoms with Crippen molar-refractivity contribution in [3.8, 4) is 16.9 Å². The van der Waals surface area contributed by atoms with Crippen molar-refractivity contribution < 1.29 is 35.9 Å². The fraction of sp³-hybridized carbons (Fsp3) is 0.133. The van der Waals surface area contributed by atoms with Crippen LogP contribution in [-0.2, 0) is 6.18 Å². The molecule has 0 aromatic heterocycles. The van der Waals surface area contributed by atoms with E-state index >= 15 is 0 Å². The highest BCUT2D eigenvalue weighted by Crippen LogP contribution is 2.42. The molecule has 0 spiro atoms. The number of para-hydroxylation sites is 1. The molecule has 2 aromatic rings. The van der Waals surface area contributed by atoms with Crippen LogP contribution in [0.25, 0.3) is 11.1 Å². The van der Waals surface area contributed by atoms with Gasteiger partial charge < -0.3 is 4.74 Å². The van der Waals surface area contributed by atoms with E-state index in [1.165, 1.54) is 12.1 Å². The summed E-state index contributed by atoms with van der Waals surface area (Å²) >= 11 is 5.16. The molecule has 24 heavy (non-hydrogen) atoms. The highest BCUT2D eigenvalue weighted by atomic mass is 35.5. The molecule has 0 aliphatic heterocycles. The normalized spacial score (nSPS) is 12.1. The van der Waals surface area contributed by atoms with Crippen LogP contribution < -0.4 is 4.74 Å². The van der Waals surface area contributed by atoms with Crippen molar-refractivity contribution in [2.45, 2.75) is 12.5 Å². The van der Waals surface area contributed by atoms with Crippen molar-refractivity contribution in [1.29, 1.82) is 0 Å². The number of rotatable bonds is 3. The van der Waals surface area contributed by atoms with Gasteiger partial charge in [-0.1, -0.05) is 24.3 Å². The van der Waals surface area contributed by atoms with Gasteiger partial charge in [0.05, 0.1) is 5.56 Å². The number of hydrogen-bond donors (Lipinski definition) is 0. The first-order valence-corrected chi connectivity index (χ1v) is 6.63. The molecule has 2 nitrogen and oxygen atoms in total. The lowest BCUT2D eigenvalue weighted by Gasteiger charge is -2.17. The van der Waals surface area contributed by atoms with E-state index in [2.05, 4.69) is 4.74 Å². The first-order valence-electron chi connectivity index (χ1n) is 6.25. The van der Waals surface area contributed by atoms with Crippen molar-refractivity contribution in [3.63, 3.8) is 0 Å². The number of carbonyl (C=O) groups is 1. The van der Waals surface area contributed by atoms with E-state index in [0.29, 0.717) is 6.07 Å². The van der Waals surface area contributed by atoms with Gasteiger partial charge in [-0.3, -0.25) is 4.79 Å². The van der Waals surface area contributed by atoms with Crippen LogP contribution in [-0.4, -0.2) is 11.6 Å². The van der Waals surface area contributed by atoms with E-state index in [0.717, 1.165) is 24.3 Å². The monoisotopic (exact) mass is 368 g/mol. The maximum atomic E-state index is 13.2. The lowest BCUT2D eigenvalue weighted by atomic mass is 9.96. The van der Waals surface area contributed by atoms with Crippen LogP contribution in [0.2, 0.25) is 0 Å². The van der Waals surface area contributed by atoms with E-state index in [9.17, 15) is 31.1 Å². The van der Waals surface area contributed by atoms with Crippen LogP contribution in [0.4, 0.5) is 26.3 Å². The molecule has 0 saturated carbocycles. The number of halogens is 7. The summed E-state index contributed by atoms with van der Waals surface area (Å²) in [4.78, 5) is 11.1. The molecular weight excluding hydrogens is 362 g/mol. The summed E-state index contributed by atoms with van der Waals surface area (Å²) in [7, 11) is 0. The Kier molecular flexibility index (Phi) is 4.80. The number of carbonyl (C=O) groups excluding carboxylic acids is 1. The third kappa shape index (κ3) is 4.19. The van der Waals surface area contributed by atoms with Gasteiger partial charge in [0.2, 0.25) is 0 Å². The second-order valence-electron chi connectivity index (χ2n) is 4.58. The maximum Gasteiger partial charge on any atom is 0.573 e. The van der Waals surface area contributed by atoms with Crippen LogP contribution in [0.5, 0.6) is 5.75 Å². The topological polar surface area (TPSA) is 26.3 Å². The Morgan fingerprint density at radius 1 is 0.917 bits per heavy atom. The Labute approximate surface area is 136 Å². The molecule has 0 bridgehead atoms. The largest absolute Gasteiger partial charge is 0.573 e. The summed E-state index contributed by atoms with van der Waals surface area (Å²) in [5.74, 6) is -0.791. The molecule has 0 saturated heterocycles. The highest BCUT2D eigenvalue weighted by molar-refractivity contribution is 6.67. The molecule has 0 atom stereocenters. The van der Waals surface area contributed by atoms with E-state index in [1.54, 1.807) is 0 Å². The van der Waals surface area contributed by atoms with E-state index < -0.39 is 45.8 Å². The molecule has 0 aliphatic carbocycles. The molecule has 128 valence electrons. The SMILES string of the molecule is O=C(Cl)c1ccc(-c2ccccc2OC(F)(F)F)c(C(F)(F)F)c1. The quantitative estimate of drug-likeness (QED) is 0.517. The van der Waals surface area contributed by atoms with Crippen LogP contribution in [0.1, 0.15) is 15.9 Å². The van der Waals surface area contributed by atoms with Crippen molar-refractivity contribution in [1.82, 2.24) is 0 Å². The van der Waals surface area contributed by atoms with Gasteiger partial charge in [0.25, 0.3) is 5.24 Å². The van der Waals surface area contributed by atoms with Crippen molar-refractivity contribution in [2.24, 2.45) is 0 Å². The third-order valence-corrected chi connectivity index (χ3v) is 3.17. The zero-order valence-electron chi connectivity index (χ0n) is 11.5. The minimum absolute atomic E-state index is 0.421. The van der Waals surface area contributed by atoms with Gasteiger partial charge in [0, 0.05) is 11.1 Å². The molecule has 0 heterocycles. The van der Waals surface area contributed by atoms with Gasteiger partial charge in [-0.05, 0) is 35.4 Å². The minimum Gasteiger partial charge on any atom is -0.405 e. The number of hydrogen-bond acceptors (Lipinski definition) is 2. The van der Waals surface area contributed by atoms with Gasteiger partial charge in [0.15, 0.2) is 0 Å². The average Bonchev–Trinajstić information content (AvgIpc) is 2.44. The Morgan fingerprint density at radius 2 is 1.54 bits per heavy atom. The summed E-state index contributed by atoms with van der Waals surface area (Å²) in [5, 5.41) is -1.12. The first-order chi connectivity index (χ1) is 11.0. The lowest BCUT2D eigenvalue weighted by Crippen LogP contribution is -2.18. The second-order valence-corrected chi connectivity index (χ2v) is 4.92. The van der Waals surface area contributed by atoms with Crippen LogP contribution in [0.3, 0.4) is 0 Å². The summed E-state index contributed by atoms with van der Waals surface area (Å²) < 4.78 is 80.8. The Bertz CT molecular complexity index is 767. The Balaban J connectivity index is 2.67. The summed E-state index contributed by atoms with van der Waals surface area (Å²) in [6.45, 7) is 0.